The van der Waals surface area contributed by atoms with E-state index in [1.807, 2.05) is 30.5 Å². The lowest BCUT2D eigenvalue weighted by Gasteiger charge is -1.98. The molecule has 1 rings (SSSR count). The molecule has 0 fully saturated rings. The average molecular weight is 205 g/mol. The summed E-state index contributed by atoms with van der Waals surface area (Å²) in [6.45, 7) is 0. The Morgan fingerprint density at radius 3 is 2.86 bits per heavy atom. The van der Waals surface area contributed by atoms with E-state index in [4.69, 9.17) is 5.73 Å². The molecule has 0 aliphatic rings. The van der Waals surface area contributed by atoms with E-state index in [-0.39, 0.29) is 12.3 Å². The molecule has 0 saturated heterocycles. The Morgan fingerprint density at radius 1 is 1.50 bits per heavy atom. The number of hydrogen-bond donors (Lipinski definition) is 1. The first kappa shape index (κ1) is 10.7. The van der Waals surface area contributed by atoms with Gasteiger partial charge < -0.3 is 5.73 Å². The van der Waals surface area contributed by atoms with Gasteiger partial charge in [-0.15, -0.1) is 11.8 Å². The average Bonchev–Trinajstić information content (AvgIpc) is 2.18. The van der Waals surface area contributed by atoms with Crippen LogP contribution in [0.15, 0.2) is 29.2 Å². The van der Waals surface area contributed by atoms with Crippen LogP contribution in [0.4, 0.5) is 0 Å². The Morgan fingerprint density at radius 2 is 2.21 bits per heavy atom. The van der Waals surface area contributed by atoms with E-state index in [2.05, 4.69) is 11.8 Å². The number of hydrogen-bond acceptors (Lipinski definition) is 2. The lowest BCUT2D eigenvalue weighted by Crippen LogP contribution is -2.08. The van der Waals surface area contributed by atoms with Gasteiger partial charge in [-0.1, -0.05) is 24.0 Å². The zero-order valence-corrected chi connectivity index (χ0v) is 8.73. The molecule has 0 aromatic heterocycles. The lowest BCUT2D eigenvalue weighted by molar-refractivity contribution is -0.117. The van der Waals surface area contributed by atoms with E-state index < -0.39 is 0 Å². The number of carbonyl (C=O) groups excluding carboxylic acids is 1. The molecule has 1 aromatic rings. The van der Waals surface area contributed by atoms with Crippen LogP contribution in [0, 0.1) is 11.8 Å². The molecule has 1 amide bonds. The van der Waals surface area contributed by atoms with Crippen LogP contribution in [-0.4, -0.2) is 12.2 Å². The third-order valence-electron chi connectivity index (χ3n) is 1.59. The number of nitrogens with two attached hydrogens (primary N) is 1. The van der Waals surface area contributed by atoms with Crippen molar-refractivity contribution in [2.24, 2.45) is 5.73 Å². The van der Waals surface area contributed by atoms with Gasteiger partial charge in [0.2, 0.25) is 5.91 Å². The minimum atomic E-state index is -0.390. The Bertz CT molecular complexity index is 390. The molecule has 0 aliphatic heterocycles. The van der Waals surface area contributed by atoms with Gasteiger partial charge >= 0.3 is 0 Å². The highest BCUT2D eigenvalue weighted by molar-refractivity contribution is 7.98. The monoisotopic (exact) mass is 205 g/mol. The first-order valence-corrected chi connectivity index (χ1v) is 5.36. The van der Waals surface area contributed by atoms with Gasteiger partial charge in [0.1, 0.15) is 0 Å². The van der Waals surface area contributed by atoms with Gasteiger partial charge in [-0.2, -0.15) is 0 Å². The van der Waals surface area contributed by atoms with Crippen LogP contribution < -0.4 is 5.73 Å². The van der Waals surface area contributed by atoms with Crippen molar-refractivity contribution < 1.29 is 4.79 Å². The summed E-state index contributed by atoms with van der Waals surface area (Å²) in [7, 11) is 0. The molecule has 0 unspecified atom stereocenters. The molecule has 2 N–H and O–H groups in total. The standard InChI is InChI=1S/C11H11NOS/c1-14-10-7-3-2-5-9(10)6-4-8-11(12)13/h2-3,5,7H,8H2,1H3,(H2,12,13). The molecule has 2 nitrogen and oxygen atoms in total. The molecule has 0 spiro atoms. The largest absolute Gasteiger partial charge is 0.369 e. The van der Waals surface area contributed by atoms with Crippen molar-refractivity contribution in [1.82, 2.24) is 0 Å². The second-order valence-corrected chi connectivity index (χ2v) is 3.49. The van der Waals surface area contributed by atoms with E-state index in [0.717, 1.165) is 10.5 Å². The number of rotatable bonds is 2. The maximum atomic E-state index is 10.5. The molecule has 0 bridgehead atoms. The smallest absolute Gasteiger partial charge is 0.229 e. The maximum Gasteiger partial charge on any atom is 0.229 e. The van der Waals surface area contributed by atoms with E-state index in [0.29, 0.717) is 0 Å². The van der Waals surface area contributed by atoms with Gasteiger partial charge in [0.15, 0.2) is 0 Å². The molecule has 0 heterocycles. The van der Waals surface area contributed by atoms with Crippen molar-refractivity contribution in [3.05, 3.63) is 29.8 Å². The lowest BCUT2D eigenvalue weighted by atomic mass is 10.2. The highest BCUT2D eigenvalue weighted by Crippen LogP contribution is 2.18. The van der Waals surface area contributed by atoms with Gasteiger partial charge in [0.25, 0.3) is 0 Å². The molecule has 3 heteroatoms. The molecule has 1 aromatic carbocycles. The summed E-state index contributed by atoms with van der Waals surface area (Å²) >= 11 is 1.64. The van der Waals surface area contributed by atoms with E-state index in [1.54, 1.807) is 11.8 Å². The molecule has 0 radical (unpaired) electrons. The zero-order chi connectivity index (χ0) is 10.4. The van der Waals surface area contributed by atoms with Crippen molar-refractivity contribution in [3.8, 4) is 11.8 Å². The quantitative estimate of drug-likeness (QED) is 0.589. The Kier molecular flexibility index (Phi) is 4.09. The number of carbonyl (C=O) groups is 1. The van der Waals surface area contributed by atoms with Crippen LogP contribution in [0.3, 0.4) is 0 Å². The highest BCUT2D eigenvalue weighted by atomic mass is 32.2. The van der Waals surface area contributed by atoms with Crippen LogP contribution in [0.5, 0.6) is 0 Å². The summed E-state index contributed by atoms with van der Waals surface area (Å²) in [5, 5.41) is 0. The Labute approximate surface area is 87.9 Å². The van der Waals surface area contributed by atoms with Crippen molar-refractivity contribution in [2.75, 3.05) is 6.26 Å². The van der Waals surface area contributed by atoms with Crippen molar-refractivity contribution in [1.29, 1.82) is 0 Å². The molecule has 0 saturated carbocycles. The van der Waals surface area contributed by atoms with Crippen LogP contribution >= 0.6 is 11.8 Å². The summed E-state index contributed by atoms with van der Waals surface area (Å²) in [5.74, 6) is 5.27. The molecular formula is C11H11NOS. The van der Waals surface area contributed by atoms with Gasteiger partial charge in [0, 0.05) is 10.5 Å². The summed E-state index contributed by atoms with van der Waals surface area (Å²) in [4.78, 5) is 11.6. The zero-order valence-electron chi connectivity index (χ0n) is 7.91. The molecule has 14 heavy (non-hydrogen) atoms. The van der Waals surface area contributed by atoms with Crippen LogP contribution in [0.2, 0.25) is 0 Å². The van der Waals surface area contributed by atoms with Gasteiger partial charge in [0.05, 0.1) is 6.42 Å². The van der Waals surface area contributed by atoms with Gasteiger partial charge in [-0.25, -0.2) is 0 Å². The third-order valence-corrected chi connectivity index (χ3v) is 2.39. The topological polar surface area (TPSA) is 43.1 Å². The molecule has 0 aliphatic carbocycles. The summed E-state index contributed by atoms with van der Waals surface area (Å²) in [6, 6.07) is 7.82. The van der Waals surface area contributed by atoms with Crippen molar-refractivity contribution in [3.63, 3.8) is 0 Å². The fourth-order valence-electron chi connectivity index (χ4n) is 0.974. The maximum absolute atomic E-state index is 10.5. The number of primary amides is 1. The summed E-state index contributed by atoms with van der Waals surface area (Å²) in [6.07, 6.45) is 2.11. The van der Waals surface area contributed by atoms with Crippen LogP contribution in [-0.2, 0) is 4.79 Å². The van der Waals surface area contributed by atoms with Crippen LogP contribution in [0.1, 0.15) is 12.0 Å². The first-order chi connectivity index (χ1) is 6.74. The molecule has 72 valence electrons. The Hall–Kier alpha value is -1.40. The number of thioether (sulfide) groups is 1. The van der Waals surface area contributed by atoms with E-state index in [1.165, 1.54) is 0 Å². The fourth-order valence-corrected chi connectivity index (χ4v) is 1.53. The number of benzene rings is 1. The SMILES string of the molecule is CSc1ccccc1C#CCC(N)=O. The van der Waals surface area contributed by atoms with Crippen molar-refractivity contribution in [2.45, 2.75) is 11.3 Å². The van der Waals surface area contributed by atoms with Crippen LogP contribution in [0.25, 0.3) is 0 Å². The predicted molar refractivity (Wildman–Crippen MR) is 58.9 cm³/mol. The normalized spacial score (nSPS) is 8.93. The fraction of sp³-hybridized carbons (Fsp3) is 0.182. The van der Waals surface area contributed by atoms with Gasteiger partial charge in [-0.3, -0.25) is 4.79 Å². The molecular weight excluding hydrogens is 194 g/mol. The third kappa shape index (κ3) is 3.15. The highest BCUT2D eigenvalue weighted by Gasteiger charge is 1.95. The predicted octanol–water partition coefficient (Wildman–Crippen LogP) is 1.64. The van der Waals surface area contributed by atoms with Crippen molar-refractivity contribution >= 4 is 17.7 Å². The first-order valence-electron chi connectivity index (χ1n) is 4.14. The summed E-state index contributed by atoms with van der Waals surface area (Å²) in [5.41, 5.74) is 5.93. The minimum absolute atomic E-state index is 0.114. The van der Waals surface area contributed by atoms with E-state index >= 15 is 0 Å². The summed E-state index contributed by atoms with van der Waals surface area (Å²) < 4.78 is 0. The molecule has 0 atom stereocenters. The Balaban J connectivity index is 2.83. The van der Waals surface area contributed by atoms with Gasteiger partial charge in [-0.05, 0) is 18.4 Å². The van der Waals surface area contributed by atoms with E-state index in [9.17, 15) is 4.79 Å². The second-order valence-electron chi connectivity index (χ2n) is 2.65. The second kappa shape index (κ2) is 5.36. The number of amides is 1. The minimum Gasteiger partial charge on any atom is -0.369 e.